The summed E-state index contributed by atoms with van der Waals surface area (Å²) in [4.78, 5) is 4.36. The van der Waals surface area contributed by atoms with E-state index in [0.717, 1.165) is 56.2 Å². The molecule has 2 N–H and O–H groups in total. The van der Waals surface area contributed by atoms with Crippen LogP contribution in [-0.4, -0.2) is 52.0 Å². The Labute approximate surface area is 188 Å². The number of guanidine groups is 1. The first-order valence-electron chi connectivity index (χ1n) is 9.62. The summed E-state index contributed by atoms with van der Waals surface area (Å²) in [7, 11) is 1.83. The Morgan fingerprint density at radius 2 is 2.07 bits per heavy atom. The second-order valence-corrected chi connectivity index (χ2v) is 8.12. The van der Waals surface area contributed by atoms with Gasteiger partial charge < -0.3 is 20.1 Å². The highest BCUT2D eigenvalue weighted by atomic mass is 127. The molecule has 5 nitrogen and oxygen atoms in total. The van der Waals surface area contributed by atoms with Crippen molar-refractivity contribution in [3.8, 4) is 0 Å². The summed E-state index contributed by atoms with van der Waals surface area (Å²) in [5.74, 6) is 0.873. The average molecular weight is 552 g/mol. The van der Waals surface area contributed by atoms with Crippen molar-refractivity contribution in [2.75, 3.05) is 40.0 Å². The Morgan fingerprint density at radius 1 is 1.30 bits per heavy atom. The Kier molecular flexibility index (Phi) is 9.82. The van der Waals surface area contributed by atoms with Gasteiger partial charge in [0.25, 0.3) is 0 Å². The fraction of sp³-hybridized carbons (Fsp3) is 0.650. The highest BCUT2D eigenvalue weighted by molar-refractivity contribution is 14.0. The second-order valence-electron chi connectivity index (χ2n) is 7.20. The molecule has 152 valence electrons. The third-order valence-corrected chi connectivity index (χ3v) is 5.97. The van der Waals surface area contributed by atoms with E-state index in [1.807, 2.05) is 7.05 Å². The highest BCUT2D eigenvalue weighted by Crippen LogP contribution is 2.43. The number of benzene rings is 1. The van der Waals surface area contributed by atoms with Gasteiger partial charge in [0.2, 0.25) is 0 Å². The number of halogens is 2. The fourth-order valence-electron chi connectivity index (χ4n) is 3.62. The Balaban J connectivity index is 0.00000261. The van der Waals surface area contributed by atoms with Gasteiger partial charge in [0.15, 0.2) is 5.96 Å². The first kappa shape index (κ1) is 22.9. The molecule has 1 aliphatic carbocycles. The van der Waals surface area contributed by atoms with Gasteiger partial charge in [-0.2, -0.15) is 0 Å². The van der Waals surface area contributed by atoms with Crippen molar-refractivity contribution in [2.45, 2.75) is 43.6 Å². The van der Waals surface area contributed by atoms with Crippen molar-refractivity contribution in [1.82, 2.24) is 10.6 Å². The predicted molar refractivity (Wildman–Crippen MR) is 124 cm³/mol. The molecule has 3 rings (SSSR count). The van der Waals surface area contributed by atoms with Crippen LogP contribution >= 0.6 is 39.9 Å². The van der Waals surface area contributed by atoms with Gasteiger partial charge in [-0.1, -0.05) is 34.5 Å². The lowest BCUT2D eigenvalue weighted by molar-refractivity contribution is 0.0420. The largest absolute Gasteiger partial charge is 0.379 e. The monoisotopic (exact) mass is 551 g/mol. The van der Waals surface area contributed by atoms with Crippen LogP contribution in [0, 0.1) is 0 Å². The predicted octanol–water partition coefficient (Wildman–Crippen LogP) is 3.85. The van der Waals surface area contributed by atoms with E-state index in [0.29, 0.717) is 0 Å². The average Bonchev–Trinajstić information content (AvgIpc) is 3.13. The van der Waals surface area contributed by atoms with Crippen LogP contribution in [0.25, 0.3) is 0 Å². The van der Waals surface area contributed by atoms with E-state index in [4.69, 9.17) is 9.47 Å². The van der Waals surface area contributed by atoms with E-state index in [9.17, 15) is 0 Å². The zero-order chi connectivity index (χ0) is 18.2. The standard InChI is InChI=1S/C20H30BrN3O2.HI/c1-22-19(23-11-3-12-26-18-8-13-25-14-18)24-15-20(9-2-10-20)16-4-6-17(21)7-5-16;/h4-7,18H,2-3,8-15H2,1H3,(H2,22,23,24);1H. The molecular formula is C20H31BrIN3O2. The topological polar surface area (TPSA) is 54.9 Å². The lowest BCUT2D eigenvalue weighted by atomic mass is 9.64. The lowest BCUT2D eigenvalue weighted by Crippen LogP contribution is -2.49. The van der Waals surface area contributed by atoms with Crippen LogP contribution in [0.4, 0.5) is 0 Å². The maximum atomic E-state index is 5.80. The number of rotatable bonds is 8. The molecule has 2 fully saturated rings. The third kappa shape index (κ3) is 6.58. The van der Waals surface area contributed by atoms with Crippen molar-refractivity contribution in [1.29, 1.82) is 0 Å². The van der Waals surface area contributed by atoms with E-state index < -0.39 is 0 Å². The van der Waals surface area contributed by atoms with E-state index in [2.05, 4.69) is 55.8 Å². The van der Waals surface area contributed by atoms with E-state index in [1.165, 1.54) is 24.8 Å². The summed E-state index contributed by atoms with van der Waals surface area (Å²) in [5, 5.41) is 6.92. The zero-order valence-electron chi connectivity index (χ0n) is 16.0. The van der Waals surface area contributed by atoms with E-state index >= 15 is 0 Å². The van der Waals surface area contributed by atoms with Gasteiger partial charge in [0.1, 0.15) is 0 Å². The number of nitrogens with one attached hydrogen (secondary N) is 2. The molecule has 1 aliphatic heterocycles. The summed E-state index contributed by atoms with van der Waals surface area (Å²) in [6, 6.07) is 8.76. The highest BCUT2D eigenvalue weighted by Gasteiger charge is 2.38. The first-order chi connectivity index (χ1) is 12.7. The molecule has 27 heavy (non-hydrogen) atoms. The van der Waals surface area contributed by atoms with Gasteiger partial charge in [-0.3, -0.25) is 4.99 Å². The van der Waals surface area contributed by atoms with Gasteiger partial charge in [-0.05, 0) is 43.4 Å². The number of nitrogens with zero attached hydrogens (tertiary/aromatic N) is 1. The van der Waals surface area contributed by atoms with Gasteiger partial charge in [-0.15, -0.1) is 24.0 Å². The molecule has 1 aromatic rings. The minimum Gasteiger partial charge on any atom is -0.379 e. The second kappa shape index (κ2) is 11.6. The molecule has 1 atom stereocenters. The number of hydrogen-bond donors (Lipinski definition) is 2. The molecule has 0 bridgehead atoms. The first-order valence-corrected chi connectivity index (χ1v) is 10.4. The zero-order valence-corrected chi connectivity index (χ0v) is 19.9. The molecule has 0 spiro atoms. The summed E-state index contributed by atoms with van der Waals surface area (Å²) in [6.07, 6.45) is 6.04. The molecule has 2 aliphatic rings. The van der Waals surface area contributed by atoms with Crippen LogP contribution in [0.1, 0.15) is 37.7 Å². The normalized spacial score (nSPS) is 21.3. The third-order valence-electron chi connectivity index (χ3n) is 5.44. The number of ether oxygens (including phenoxy) is 2. The SMILES string of the molecule is CN=C(NCCCOC1CCOC1)NCC1(c2ccc(Br)cc2)CCC1.I. The summed E-state index contributed by atoms with van der Waals surface area (Å²) in [5.41, 5.74) is 1.66. The number of aliphatic imine (C=N–C) groups is 1. The molecule has 0 aromatic heterocycles. The minimum atomic E-state index is 0. The van der Waals surface area contributed by atoms with Gasteiger partial charge in [-0.25, -0.2) is 0 Å². The van der Waals surface area contributed by atoms with Gasteiger partial charge >= 0.3 is 0 Å². The summed E-state index contributed by atoms with van der Waals surface area (Å²) >= 11 is 3.53. The van der Waals surface area contributed by atoms with Crippen LogP contribution in [-0.2, 0) is 14.9 Å². The molecule has 0 radical (unpaired) electrons. The molecular weight excluding hydrogens is 521 g/mol. The molecule has 1 heterocycles. The van der Waals surface area contributed by atoms with Crippen LogP contribution in [0.5, 0.6) is 0 Å². The lowest BCUT2D eigenvalue weighted by Gasteiger charge is -2.43. The maximum Gasteiger partial charge on any atom is 0.191 e. The summed E-state index contributed by atoms with van der Waals surface area (Å²) in [6.45, 7) is 4.12. The quantitative estimate of drug-likeness (QED) is 0.223. The maximum absolute atomic E-state index is 5.80. The number of hydrogen-bond acceptors (Lipinski definition) is 3. The minimum absolute atomic E-state index is 0. The van der Waals surface area contributed by atoms with E-state index in [-0.39, 0.29) is 35.5 Å². The van der Waals surface area contributed by atoms with Crippen molar-refractivity contribution >= 4 is 45.9 Å². The Bertz CT molecular complexity index is 587. The van der Waals surface area contributed by atoms with Crippen molar-refractivity contribution < 1.29 is 9.47 Å². The van der Waals surface area contributed by atoms with Gasteiger partial charge in [0, 0.05) is 43.2 Å². The Hall–Kier alpha value is -0.380. The molecule has 1 saturated heterocycles. The van der Waals surface area contributed by atoms with Crippen LogP contribution in [0.2, 0.25) is 0 Å². The molecule has 1 aromatic carbocycles. The van der Waals surface area contributed by atoms with Crippen molar-refractivity contribution in [2.24, 2.45) is 4.99 Å². The van der Waals surface area contributed by atoms with E-state index in [1.54, 1.807) is 0 Å². The fourth-order valence-corrected chi connectivity index (χ4v) is 3.89. The van der Waals surface area contributed by atoms with Crippen LogP contribution < -0.4 is 10.6 Å². The van der Waals surface area contributed by atoms with Crippen LogP contribution in [0.15, 0.2) is 33.7 Å². The van der Waals surface area contributed by atoms with Crippen molar-refractivity contribution in [3.05, 3.63) is 34.3 Å². The van der Waals surface area contributed by atoms with Crippen molar-refractivity contribution in [3.63, 3.8) is 0 Å². The molecule has 0 amide bonds. The molecule has 7 heteroatoms. The molecule has 1 saturated carbocycles. The molecule has 1 unspecified atom stereocenters. The van der Waals surface area contributed by atoms with Gasteiger partial charge in [0.05, 0.1) is 12.7 Å². The Morgan fingerprint density at radius 3 is 2.67 bits per heavy atom. The van der Waals surface area contributed by atoms with Crippen LogP contribution in [0.3, 0.4) is 0 Å². The summed E-state index contributed by atoms with van der Waals surface area (Å²) < 4.78 is 12.2. The smallest absolute Gasteiger partial charge is 0.191 e.